The van der Waals surface area contributed by atoms with E-state index in [4.69, 9.17) is 4.42 Å². The van der Waals surface area contributed by atoms with Crippen LogP contribution in [0.3, 0.4) is 0 Å². The number of hydrogen-bond donors (Lipinski definition) is 0. The third-order valence-electron chi connectivity index (χ3n) is 5.92. The molecule has 0 unspecified atom stereocenters. The molecule has 4 rings (SSSR count). The molecule has 0 amide bonds. The molecule has 5 heteroatoms. The zero-order valence-electron chi connectivity index (χ0n) is 17.2. The van der Waals surface area contributed by atoms with Gasteiger partial charge in [-0.1, -0.05) is 12.1 Å². The monoisotopic (exact) mass is 390 g/mol. The number of Topliss-reactive ketones (excluding diaryl/α,β-unsaturated/α-hetero) is 1. The van der Waals surface area contributed by atoms with E-state index in [9.17, 15) is 9.59 Å². The lowest BCUT2D eigenvalue weighted by Gasteiger charge is -2.36. The maximum Gasteiger partial charge on any atom is 0.336 e. The van der Waals surface area contributed by atoms with Crippen LogP contribution in [0.4, 0.5) is 5.69 Å². The van der Waals surface area contributed by atoms with Gasteiger partial charge in [0.2, 0.25) is 0 Å². The Kier molecular flexibility index (Phi) is 5.24. The maximum atomic E-state index is 12.1. The predicted molar refractivity (Wildman–Crippen MR) is 116 cm³/mol. The van der Waals surface area contributed by atoms with Gasteiger partial charge in [-0.2, -0.15) is 0 Å². The van der Waals surface area contributed by atoms with Gasteiger partial charge in [-0.15, -0.1) is 0 Å². The van der Waals surface area contributed by atoms with Crippen molar-refractivity contribution in [2.75, 3.05) is 31.1 Å². The summed E-state index contributed by atoms with van der Waals surface area (Å²) in [5.74, 6) is 0.0892. The lowest BCUT2D eigenvalue weighted by Crippen LogP contribution is -2.46. The first-order chi connectivity index (χ1) is 13.9. The lowest BCUT2D eigenvalue weighted by atomic mass is 10.0. The Bertz CT molecular complexity index is 1110. The second kappa shape index (κ2) is 7.84. The van der Waals surface area contributed by atoms with E-state index in [2.05, 4.69) is 21.9 Å². The summed E-state index contributed by atoms with van der Waals surface area (Å²) in [6.07, 6.45) is 0. The van der Waals surface area contributed by atoms with Crippen LogP contribution in [0.15, 0.2) is 51.7 Å². The molecule has 3 aromatic rings. The molecule has 2 heterocycles. The van der Waals surface area contributed by atoms with Crippen molar-refractivity contribution >= 4 is 22.4 Å². The maximum absolute atomic E-state index is 12.1. The SMILES string of the molecule is CC(=O)c1ccc(N2CCN(Cc3cc(=O)oc4c(C)c(C)ccc34)CC2)cc1. The molecule has 0 N–H and O–H groups in total. The van der Waals surface area contributed by atoms with Crippen molar-refractivity contribution in [2.24, 2.45) is 0 Å². The van der Waals surface area contributed by atoms with Crippen LogP contribution in [-0.2, 0) is 6.54 Å². The summed E-state index contributed by atoms with van der Waals surface area (Å²) in [7, 11) is 0. The summed E-state index contributed by atoms with van der Waals surface area (Å²) in [5, 5.41) is 1.02. The highest BCUT2D eigenvalue weighted by Gasteiger charge is 2.19. The molecule has 1 saturated heterocycles. The highest BCUT2D eigenvalue weighted by molar-refractivity contribution is 5.94. The molecular formula is C24H26N2O3. The Balaban J connectivity index is 1.48. The van der Waals surface area contributed by atoms with E-state index >= 15 is 0 Å². The molecule has 0 aliphatic carbocycles. The Hall–Kier alpha value is -2.92. The molecule has 29 heavy (non-hydrogen) atoms. The first kappa shape index (κ1) is 19.4. The molecule has 1 aliphatic heterocycles. The second-order valence-electron chi connectivity index (χ2n) is 7.84. The van der Waals surface area contributed by atoms with Gasteiger partial charge in [-0.3, -0.25) is 9.69 Å². The number of anilines is 1. The van der Waals surface area contributed by atoms with Crippen LogP contribution < -0.4 is 10.5 Å². The number of fused-ring (bicyclic) bond motifs is 1. The number of hydrogen-bond acceptors (Lipinski definition) is 5. The molecule has 5 nitrogen and oxygen atoms in total. The molecule has 0 bridgehead atoms. The second-order valence-corrected chi connectivity index (χ2v) is 7.84. The fourth-order valence-electron chi connectivity index (χ4n) is 3.97. The highest BCUT2D eigenvalue weighted by Crippen LogP contribution is 2.25. The number of piperazine rings is 1. The molecule has 2 aromatic carbocycles. The molecule has 0 spiro atoms. The van der Waals surface area contributed by atoms with Gasteiger partial charge in [0, 0.05) is 55.4 Å². The quantitative estimate of drug-likeness (QED) is 0.499. The summed E-state index contributed by atoms with van der Waals surface area (Å²) in [5.41, 5.74) is 5.49. The minimum Gasteiger partial charge on any atom is -0.422 e. The van der Waals surface area contributed by atoms with Crippen LogP contribution in [0.2, 0.25) is 0 Å². The number of aryl methyl sites for hydroxylation is 2. The Morgan fingerprint density at radius 2 is 1.69 bits per heavy atom. The van der Waals surface area contributed by atoms with Gasteiger partial charge >= 0.3 is 5.63 Å². The number of rotatable bonds is 4. The van der Waals surface area contributed by atoms with E-state index in [0.717, 1.165) is 66.1 Å². The minimum absolute atomic E-state index is 0.0892. The number of ketones is 1. The van der Waals surface area contributed by atoms with Gasteiger partial charge in [0.25, 0.3) is 0 Å². The van der Waals surface area contributed by atoms with Crippen molar-refractivity contribution in [2.45, 2.75) is 27.3 Å². The average Bonchev–Trinajstić information content (AvgIpc) is 2.72. The van der Waals surface area contributed by atoms with E-state index in [1.165, 1.54) is 0 Å². The molecular weight excluding hydrogens is 364 g/mol. The molecule has 1 aromatic heterocycles. The topological polar surface area (TPSA) is 53.8 Å². The Labute approximate surface area is 170 Å². The van der Waals surface area contributed by atoms with Crippen LogP contribution in [0.5, 0.6) is 0 Å². The van der Waals surface area contributed by atoms with Crippen LogP contribution in [0.25, 0.3) is 11.0 Å². The van der Waals surface area contributed by atoms with E-state index in [1.807, 2.05) is 38.1 Å². The van der Waals surface area contributed by atoms with Gasteiger partial charge in [0.15, 0.2) is 5.78 Å². The first-order valence-corrected chi connectivity index (χ1v) is 10.0. The normalized spacial score (nSPS) is 15.1. The molecule has 150 valence electrons. The fourth-order valence-corrected chi connectivity index (χ4v) is 3.97. The van der Waals surface area contributed by atoms with E-state index < -0.39 is 0 Å². The minimum atomic E-state index is -0.287. The highest BCUT2D eigenvalue weighted by atomic mass is 16.4. The van der Waals surface area contributed by atoms with Crippen molar-refractivity contribution in [3.05, 3.63) is 75.1 Å². The molecule has 1 aliphatic rings. The summed E-state index contributed by atoms with van der Waals surface area (Å²) < 4.78 is 5.50. The standard InChI is InChI=1S/C24H26N2O3/c1-16-4-9-22-20(14-23(28)29-24(22)17(16)2)15-25-10-12-26(13-11-25)21-7-5-19(6-8-21)18(3)27/h4-9,14H,10-13,15H2,1-3H3. The molecule has 1 fully saturated rings. The van der Waals surface area contributed by atoms with Gasteiger partial charge in [-0.25, -0.2) is 4.79 Å². The smallest absolute Gasteiger partial charge is 0.336 e. The Morgan fingerprint density at radius 3 is 2.34 bits per heavy atom. The zero-order valence-corrected chi connectivity index (χ0v) is 17.2. The Morgan fingerprint density at radius 1 is 1.00 bits per heavy atom. The van der Waals surface area contributed by atoms with E-state index in [-0.39, 0.29) is 11.4 Å². The van der Waals surface area contributed by atoms with Crippen LogP contribution >= 0.6 is 0 Å². The van der Waals surface area contributed by atoms with Gasteiger partial charge in [-0.05, 0) is 61.7 Å². The predicted octanol–water partition coefficient (Wildman–Crippen LogP) is 3.93. The van der Waals surface area contributed by atoms with Crippen molar-refractivity contribution in [3.63, 3.8) is 0 Å². The average molecular weight is 390 g/mol. The zero-order chi connectivity index (χ0) is 20.5. The number of nitrogens with zero attached hydrogens (tertiary/aromatic N) is 2. The van der Waals surface area contributed by atoms with Crippen molar-refractivity contribution in [1.29, 1.82) is 0 Å². The van der Waals surface area contributed by atoms with Crippen molar-refractivity contribution in [1.82, 2.24) is 4.90 Å². The van der Waals surface area contributed by atoms with Gasteiger partial charge in [0.05, 0.1) is 0 Å². The number of carbonyl (C=O) groups excluding carboxylic acids is 1. The van der Waals surface area contributed by atoms with E-state index in [0.29, 0.717) is 5.58 Å². The summed E-state index contributed by atoms with van der Waals surface area (Å²) in [6.45, 7) is 10.0. The number of carbonyl (C=O) groups is 1. The largest absolute Gasteiger partial charge is 0.422 e. The van der Waals surface area contributed by atoms with Crippen LogP contribution in [0.1, 0.15) is 34.0 Å². The van der Waals surface area contributed by atoms with Crippen molar-refractivity contribution in [3.8, 4) is 0 Å². The first-order valence-electron chi connectivity index (χ1n) is 10.0. The number of benzene rings is 2. The third kappa shape index (κ3) is 3.96. The molecule has 0 radical (unpaired) electrons. The van der Waals surface area contributed by atoms with Crippen LogP contribution in [0, 0.1) is 13.8 Å². The van der Waals surface area contributed by atoms with E-state index in [1.54, 1.807) is 13.0 Å². The molecule has 0 saturated carbocycles. The summed E-state index contributed by atoms with van der Waals surface area (Å²) in [6, 6.07) is 13.6. The molecule has 0 atom stereocenters. The van der Waals surface area contributed by atoms with Gasteiger partial charge < -0.3 is 9.32 Å². The van der Waals surface area contributed by atoms with Crippen LogP contribution in [-0.4, -0.2) is 36.9 Å². The van der Waals surface area contributed by atoms with Gasteiger partial charge in [0.1, 0.15) is 5.58 Å². The summed E-state index contributed by atoms with van der Waals surface area (Å²) >= 11 is 0. The van der Waals surface area contributed by atoms with Crippen molar-refractivity contribution < 1.29 is 9.21 Å². The third-order valence-corrected chi connectivity index (χ3v) is 5.92. The fraction of sp³-hybridized carbons (Fsp3) is 0.333. The lowest BCUT2D eigenvalue weighted by molar-refractivity contribution is 0.101. The summed E-state index contributed by atoms with van der Waals surface area (Å²) in [4.78, 5) is 28.3.